The van der Waals surface area contributed by atoms with Crippen LogP contribution in [0, 0.1) is 0 Å². The van der Waals surface area contributed by atoms with Crippen molar-refractivity contribution in [2.75, 3.05) is 5.73 Å². The number of hydrogen-bond donors (Lipinski definition) is 1. The molecule has 0 spiro atoms. The molecule has 0 unspecified atom stereocenters. The summed E-state index contributed by atoms with van der Waals surface area (Å²) in [5.74, 6) is 2.34. The second-order valence-corrected chi connectivity index (χ2v) is 5.26. The summed E-state index contributed by atoms with van der Waals surface area (Å²) in [5, 5.41) is 4.58. The van der Waals surface area contributed by atoms with E-state index in [0.29, 0.717) is 11.6 Å². The molecule has 3 rings (SSSR count). The van der Waals surface area contributed by atoms with Crippen molar-refractivity contribution < 1.29 is 0 Å². The van der Waals surface area contributed by atoms with Gasteiger partial charge in [-0.05, 0) is 18.9 Å². The lowest BCUT2D eigenvalue weighted by atomic mass is 9.89. The lowest BCUT2D eigenvalue weighted by molar-refractivity contribution is 0.427. The lowest BCUT2D eigenvalue weighted by Crippen LogP contribution is -2.06. The zero-order valence-electron chi connectivity index (χ0n) is 11.2. The minimum absolute atomic E-state index is 0.516. The van der Waals surface area contributed by atoms with Crippen molar-refractivity contribution in [2.45, 2.75) is 38.0 Å². The van der Waals surface area contributed by atoms with E-state index >= 15 is 0 Å². The van der Waals surface area contributed by atoms with Crippen LogP contribution in [0.25, 0.3) is 11.4 Å². The van der Waals surface area contributed by atoms with Gasteiger partial charge in [0.1, 0.15) is 0 Å². The van der Waals surface area contributed by atoms with Crippen LogP contribution in [-0.2, 0) is 7.05 Å². The maximum absolute atomic E-state index is 5.78. The molecule has 0 aromatic carbocycles. The predicted octanol–water partition coefficient (Wildman–Crippen LogP) is 2.51. The van der Waals surface area contributed by atoms with Gasteiger partial charge in [-0.1, -0.05) is 19.3 Å². The summed E-state index contributed by atoms with van der Waals surface area (Å²) < 4.78 is 1.83. The zero-order chi connectivity index (χ0) is 13.2. The van der Waals surface area contributed by atoms with E-state index in [4.69, 9.17) is 10.7 Å². The molecule has 2 N–H and O–H groups in total. The molecule has 0 atom stereocenters. The molecule has 2 heterocycles. The van der Waals surface area contributed by atoms with Gasteiger partial charge in [0.2, 0.25) is 0 Å². The number of aromatic nitrogens is 4. The van der Waals surface area contributed by atoms with Crippen LogP contribution in [0.15, 0.2) is 18.5 Å². The van der Waals surface area contributed by atoms with Gasteiger partial charge in [-0.15, -0.1) is 0 Å². The number of pyridine rings is 1. The largest absolute Gasteiger partial charge is 0.397 e. The second-order valence-electron chi connectivity index (χ2n) is 5.26. The van der Waals surface area contributed by atoms with E-state index in [-0.39, 0.29) is 0 Å². The van der Waals surface area contributed by atoms with E-state index in [2.05, 4.69) is 10.1 Å². The van der Waals surface area contributed by atoms with Gasteiger partial charge in [0, 0.05) is 30.9 Å². The number of nitrogens with two attached hydrogens (primary N) is 1. The molecule has 100 valence electrons. The van der Waals surface area contributed by atoms with Crippen molar-refractivity contribution >= 4 is 5.69 Å². The van der Waals surface area contributed by atoms with Crippen LogP contribution < -0.4 is 5.73 Å². The van der Waals surface area contributed by atoms with Gasteiger partial charge in [0.25, 0.3) is 0 Å². The Kier molecular flexibility index (Phi) is 3.19. The Bertz CT molecular complexity index is 569. The van der Waals surface area contributed by atoms with Crippen molar-refractivity contribution in [1.82, 2.24) is 19.7 Å². The van der Waals surface area contributed by atoms with Gasteiger partial charge < -0.3 is 5.73 Å². The van der Waals surface area contributed by atoms with Crippen molar-refractivity contribution in [1.29, 1.82) is 0 Å². The summed E-state index contributed by atoms with van der Waals surface area (Å²) in [6, 6.07) is 1.89. The van der Waals surface area contributed by atoms with Gasteiger partial charge in [-0.2, -0.15) is 5.10 Å². The first-order valence-corrected chi connectivity index (χ1v) is 6.86. The number of anilines is 1. The molecule has 1 aliphatic rings. The smallest absolute Gasteiger partial charge is 0.159 e. The molecule has 1 fully saturated rings. The van der Waals surface area contributed by atoms with E-state index < -0.39 is 0 Å². The highest BCUT2D eigenvalue weighted by atomic mass is 15.3. The van der Waals surface area contributed by atoms with E-state index in [1.807, 2.05) is 17.8 Å². The SMILES string of the molecule is Cn1nc(C2CCCCC2)nc1-c1cncc(N)c1. The van der Waals surface area contributed by atoms with Gasteiger partial charge in [-0.3, -0.25) is 4.98 Å². The highest BCUT2D eigenvalue weighted by Crippen LogP contribution is 2.31. The van der Waals surface area contributed by atoms with Gasteiger partial charge in [-0.25, -0.2) is 9.67 Å². The van der Waals surface area contributed by atoms with Crippen LogP contribution in [0.5, 0.6) is 0 Å². The molecule has 2 aromatic rings. The average Bonchev–Trinajstić information content (AvgIpc) is 2.82. The highest BCUT2D eigenvalue weighted by Gasteiger charge is 2.21. The molecule has 0 amide bonds. The quantitative estimate of drug-likeness (QED) is 0.897. The van der Waals surface area contributed by atoms with Crippen molar-refractivity contribution in [3.63, 3.8) is 0 Å². The van der Waals surface area contributed by atoms with Crippen LogP contribution in [0.1, 0.15) is 43.8 Å². The van der Waals surface area contributed by atoms with Crippen molar-refractivity contribution in [2.24, 2.45) is 7.05 Å². The first-order valence-electron chi connectivity index (χ1n) is 6.86. The van der Waals surface area contributed by atoms with Crippen molar-refractivity contribution in [3.8, 4) is 11.4 Å². The normalized spacial score (nSPS) is 16.7. The Labute approximate surface area is 112 Å². The van der Waals surface area contributed by atoms with Gasteiger partial charge >= 0.3 is 0 Å². The summed E-state index contributed by atoms with van der Waals surface area (Å²) in [6.07, 6.45) is 9.76. The fraction of sp³-hybridized carbons (Fsp3) is 0.500. The summed E-state index contributed by atoms with van der Waals surface area (Å²) in [4.78, 5) is 8.82. The highest BCUT2D eigenvalue weighted by molar-refractivity contribution is 5.59. The third kappa shape index (κ3) is 2.45. The number of rotatable bonds is 2. The maximum atomic E-state index is 5.78. The van der Waals surface area contributed by atoms with E-state index in [1.54, 1.807) is 12.4 Å². The fourth-order valence-electron chi connectivity index (χ4n) is 2.77. The molecule has 5 heteroatoms. The summed E-state index contributed by atoms with van der Waals surface area (Å²) in [6.45, 7) is 0. The molecule has 19 heavy (non-hydrogen) atoms. The Balaban J connectivity index is 1.92. The molecule has 0 radical (unpaired) electrons. The summed E-state index contributed by atoms with van der Waals surface area (Å²) in [7, 11) is 1.93. The predicted molar refractivity (Wildman–Crippen MR) is 74.5 cm³/mol. The third-order valence-corrected chi connectivity index (χ3v) is 3.77. The number of nitrogens with zero attached hydrogens (tertiary/aromatic N) is 4. The van der Waals surface area contributed by atoms with E-state index in [0.717, 1.165) is 17.2 Å². The molecule has 1 aliphatic carbocycles. The Morgan fingerprint density at radius 2 is 2.00 bits per heavy atom. The Morgan fingerprint density at radius 1 is 1.21 bits per heavy atom. The standard InChI is InChI=1S/C14H19N5/c1-19-14(11-7-12(15)9-16-8-11)17-13(18-19)10-5-3-2-4-6-10/h7-10H,2-6,15H2,1H3. The number of nitrogen functional groups attached to an aromatic ring is 1. The van der Waals surface area contributed by atoms with Crippen LogP contribution in [0.3, 0.4) is 0 Å². The molecule has 0 aliphatic heterocycles. The molecule has 1 saturated carbocycles. The number of aryl methyl sites for hydroxylation is 1. The molecular weight excluding hydrogens is 238 g/mol. The average molecular weight is 257 g/mol. The van der Waals surface area contributed by atoms with E-state index in [9.17, 15) is 0 Å². The maximum Gasteiger partial charge on any atom is 0.159 e. The molecule has 5 nitrogen and oxygen atoms in total. The molecular formula is C14H19N5. The summed E-state index contributed by atoms with van der Waals surface area (Å²) in [5.41, 5.74) is 7.36. The van der Waals surface area contributed by atoms with Crippen LogP contribution >= 0.6 is 0 Å². The van der Waals surface area contributed by atoms with Crippen LogP contribution in [0.2, 0.25) is 0 Å². The minimum Gasteiger partial charge on any atom is -0.397 e. The summed E-state index contributed by atoms with van der Waals surface area (Å²) >= 11 is 0. The molecule has 2 aromatic heterocycles. The van der Waals surface area contributed by atoms with Crippen LogP contribution in [0.4, 0.5) is 5.69 Å². The Hall–Kier alpha value is -1.91. The zero-order valence-corrected chi connectivity index (χ0v) is 11.2. The Morgan fingerprint density at radius 3 is 2.74 bits per heavy atom. The first kappa shape index (κ1) is 12.1. The third-order valence-electron chi connectivity index (χ3n) is 3.77. The number of hydrogen-bond acceptors (Lipinski definition) is 4. The van der Waals surface area contributed by atoms with Gasteiger partial charge in [0.05, 0.1) is 5.69 Å². The lowest BCUT2D eigenvalue weighted by Gasteiger charge is -2.18. The monoisotopic (exact) mass is 257 g/mol. The van der Waals surface area contributed by atoms with Gasteiger partial charge in [0.15, 0.2) is 11.6 Å². The van der Waals surface area contributed by atoms with Crippen molar-refractivity contribution in [3.05, 3.63) is 24.3 Å². The van der Waals surface area contributed by atoms with E-state index in [1.165, 1.54) is 32.1 Å². The first-order chi connectivity index (χ1) is 9.24. The second kappa shape index (κ2) is 4.99. The molecule has 0 saturated heterocycles. The van der Waals surface area contributed by atoms with Crippen LogP contribution in [-0.4, -0.2) is 19.7 Å². The molecule has 0 bridgehead atoms. The fourth-order valence-corrected chi connectivity index (χ4v) is 2.77. The minimum atomic E-state index is 0.516. The topological polar surface area (TPSA) is 69.6 Å².